The van der Waals surface area contributed by atoms with Crippen LogP contribution >= 0.6 is 0 Å². The Kier molecular flexibility index (Phi) is 5.23. The Morgan fingerprint density at radius 3 is 2.05 bits per heavy atom. The molecule has 106 valence electrons. The molecule has 0 saturated carbocycles. The summed E-state index contributed by atoms with van der Waals surface area (Å²) in [5, 5.41) is 0. The van der Waals surface area contributed by atoms with Gasteiger partial charge in [-0.25, -0.2) is 0 Å². The van der Waals surface area contributed by atoms with E-state index in [2.05, 4.69) is 59.9 Å². The Bertz CT molecular complexity index is 362. The van der Waals surface area contributed by atoms with Crippen molar-refractivity contribution < 1.29 is 0 Å². The van der Waals surface area contributed by atoms with E-state index in [-0.39, 0.29) is 0 Å². The molecule has 3 nitrogen and oxygen atoms in total. The Balaban J connectivity index is 1.91. The van der Waals surface area contributed by atoms with Gasteiger partial charge in [-0.3, -0.25) is 4.90 Å². The molecule has 2 rings (SSSR count). The van der Waals surface area contributed by atoms with E-state index in [1.54, 1.807) is 0 Å². The zero-order valence-electron chi connectivity index (χ0n) is 12.6. The molecule has 1 aliphatic rings. The van der Waals surface area contributed by atoms with Crippen LogP contribution in [0.2, 0.25) is 0 Å². The van der Waals surface area contributed by atoms with Gasteiger partial charge in [0.25, 0.3) is 0 Å². The lowest BCUT2D eigenvalue weighted by molar-refractivity contribution is 0.148. The van der Waals surface area contributed by atoms with Gasteiger partial charge in [0.1, 0.15) is 0 Å². The summed E-state index contributed by atoms with van der Waals surface area (Å²) in [5.41, 5.74) is 2.77. The average Bonchev–Trinajstić information content (AvgIpc) is 2.44. The maximum absolute atomic E-state index is 2.55. The van der Waals surface area contributed by atoms with Crippen LogP contribution in [0.5, 0.6) is 0 Å². The third-order valence-corrected chi connectivity index (χ3v) is 4.07. The Labute approximate surface area is 117 Å². The lowest BCUT2D eigenvalue weighted by Gasteiger charge is -2.32. The molecule has 0 spiro atoms. The molecule has 0 aromatic heterocycles. The molecular formula is C16H27N3. The SMILES string of the molecule is CCN(CC)c1ccc(CN2CCN(C)CC2)cc1. The van der Waals surface area contributed by atoms with Crippen molar-refractivity contribution in [3.8, 4) is 0 Å². The summed E-state index contributed by atoms with van der Waals surface area (Å²) in [6, 6.07) is 9.09. The highest BCUT2D eigenvalue weighted by Crippen LogP contribution is 2.16. The van der Waals surface area contributed by atoms with E-state index in [0.717, 1.165) is 19.6 Å². The number of rotatable bonds is 5. The molecule has 3 heteroatoms. The highest BCUT2D eigenvalue weighted by Gasteiger charge is 2.13. The molecule has 1 aliphatic heterocycles. The second-order valence-electron chi connectivity index (χ2n) is 5.42. The zero-order chi connectivity index (χ0) is 13.7. The maximum atomic E-state index is 2.55. The number of benzene rings is 1. The summed E-state index contributed by atoms with van der Waals surface area (Å²) in [6.07, 6.45) is 0. The fourth-order valence-electron chi connectivity index (χ4n) is 2.67. The van der Waals surface area contributed by atoms with Crippen molar-refractivity contribution in [3.63, 3.8) is 0 Å². The number of anilines is 1. The molecule has 0 unspecified atom stereocenters. The van der Waals surface area contributed by atoms with Gasteiger partial charge in [0, 0.05) is 51.5 Å². The van der Waals surface area contributed by atoms with Crippen LogP contribution < -0.4 is 4.90 Å². The molecular weight excluding hydrogens is 234 g/mol. The normalized spacial score (nSPS) is 17.6. The number of nitrogens with zero attached hydrogens (tertiary/aromatic N) is 3. The monoisotopic (exact) mass is 261 g/mol. The third-order valence-electron chi connectivity index (χ3n) is 4.07. The molecule has 19 heavy (non-hydrogen) atoms. The van der Waals surface area contributed by atoms with Gasteiger partial charge in [-0.05, 0) is 38.6 Å². The largest absolute Gasteiger partial charge is 0.372 e. The van der Waals surface area contributed by atoms with E-state index in [4.69, 9.17) is 0 Å². The first kappa shape index (κ1) is 14.4. The molecule has 1 aromatic rings. The van der Waals surface area contributed by atoms with Crippen molar-refractivity contribution in [3.05, 3.63) is 29.8 Å². The maximum Gasteiger partial charge on any atom is 0.0366 e. The smallest absolute Gasteiger partial charge is 0.0366 e. The molecule has 1 heterocycles. The van der Waals surface area contributed by atoms with Gasteiger partial charge in [0.2, 0.25) is 0 Å². The van der Waals surface area contributed by atoms with Crippen molar-refractivity contribution in [2.45, 2.75) is 20.4 Å². The van der Waals surface area contributed by atoms with Crippen molar-refractivity contribution in [2.75, 3.05) is 51.2 Å². The van der Waals surface area contributed by atoms with Crippen LogP contribution in [0.3, 0.4) is 0 Å². The van der Waals surface area contributed by atoms with Crippen molar-refractivity contribution in [1.82, 2.24) is 9.80 Å². The standard InChI is InChI=1S/C16H27N3/c1-4-19(5-2)16-8-6-15(7-9-16)14-18-12-10-17(3)11-13-18/h6-9H,4-5,10-14H2,1-3H3. The number of piperazine rings is 1. The molecule has 0 amide bonds. The highest BCUT2D eigenvalue weighted by molar-refractivity contribution is 5.47. The Hall–Kier alpha value is -1.06. The first-order valence-electron chi connectivity index (χ1n) is 7.47. The second kappa shape index (κ2) is 6.92. The first-order chi connectivity index (χ1) is 9.22. The molecule has 0 radical (unpaired) electrons. The zero-order valence-corrected chi connectivity index (χ0v) is 12.6. The minimum absolute atomic E-state index is 1.08. The van der Waals surface area contributed by atoms with Crippen LogP contribution in [0.1, 0.15) is 19.4 Å². The predicted octanol–water partition coefficient (Wildman–Crippen LogP) is 2.28. The topological polar surface area (TPSA) is 9.72 Å². The van der Waals surface area contributed by atoms with E-state index >= 15 is 0 Å². The molecule has 0 aliphatic carbocycles. The lowest BCUT2D eigenvalue weighted by atomic mass is 10.1. The fraction of sp³-hybridized carbons (Fsp3) is 0.625. The van der Waals surface area contributed by atoms with Crippen LogP contribution in [0.4, 0.5) is 5.69 Å². The molecule has 1 aromatic carbocycles. The van der Waals surface area contributed by atoms with Crippen LogP contribution in [-0.2, 0) is 6.54 Å². The molecule has 1 saturated heterocycles. The van der Waals surface area contributed by atoms with E-state index in [1.807, 2.05) is 0 Å². The minimum atomic E-state index is 1.08. The summed E-state index contributed by atoms with van der Waals surface area (Å²) in [4.78, 5) is 7.34. The van der Waals surface area contributed by atoms with Crippen molar-refractivity contribution in [1.29, 1.82) is 0 Å². The van der Waals surface area contributed by atoms with E-state index < -0.39 is 0 Å². The van der Waals surface area contributed by atoms with E-state index in [9.17, 15) is 0 Å². The first-order valence-corrected chi connectivity index (χ1v) is 7.47. The Morgan fingerprint density at radius 1 is 0.947 bits per heavy atom. The Morgan fingerprint density at radius 2 is 1.53 bits per heavy atom. The van der Waals surface area contributed by atoms with Crippen molar-refractivity contribution >= 4 is 5.69 Å². The van der Waals surface area contributed by atoms with Gasteiger partial charge in [0.15, 0.2) is 0 Å². The van der Waals surface area contributed by atoms with Crippen LogP contribution in [0, 0.1) is 0 Å². The highest BCUT2D eigenvalue weighted by atomic mass is 15.2. The third kappa shape index (κ3) is 3.95. The van der Waals surface area contributed by atoms with Gasteiger partial charge in [-0.15, -0.1) is 0 Å². The molecule has 0 atom stereocenters. The predicted molar refractivity (Wildman–Crippen MR) is 82.8 cm³/mol. The summed E-state index contributed by atoms with van der Waals surface area (Å²) in [6.45, 7) is 12.4. The van der Waals surface area contributed by atoms with Gasteiger partial charge >= 0.3 is 0 Å². The number of hydrogen-bond donors (Lipinski definition) is 0. The van der Waals surface area contributed by atoms with Crippen LogP contribution in [0.15, 0.2) is 24.3 Å². The number of likely N-dealkylation sites (N-methyl/N-ethyl adjacent to an activating group) is 1. The van der Waals surface area contributed by atoms with Gasteiger partial charge in [-0.2, -0.15) is 0 Å². The van der Waals surface area contributed by atoms with Gasteiger partial charge in [-0.1, -0.05) is 12.1 Å². The second-order valence-corrected chi connectivity index (χ2v) is 5.42. The van der Waals surface area contributed by atoms with Gasteiger partial charge < -0.3 is 9.80 Å². The molecule has 0 bridgehead atoms. The quantitative estimate of drug-likeness (QED) is 0.805. The summed E-state index contributed by atoms with van der Waals surface area (Å²) >= 11 is 0. The van der Waals surface area contributed by atoms with Crippen LogP contribution in [-0.4, -0.2) is 56.1 Å². The average molecular weight is 261 g/mol. The number of hydrogen-bond acceptors (Lipinski definition) is 3. The molecule has 1 fully saturated rings. The summed E-state index contributed by atoms with van der Waals surface area (Å²) < 4.78 is 0. The lowest BCUT2D eigenvalue weighted by Crippen LogP contribution is -2.43. The van der Waals surface area contributed by atoms with Gasteiger partial charge in [0.05, 0.1) is 0 Å². The fourth-order valence-corrected chi connectivity index (χ4v) is 2.67. The minimum Gasteiger partial charge on any atom is -0.372 e. The molecule has 0 N–H and O–H groups in total. The van der Waals surface area contributed by atoms with Crippen LogP contribution in [0.25, 0.3) is 0 Å². The van der Waals surface area contributed by atoms with E-state index in [0.29, 0.717) is 0 Å². The summed E-state index contributed by atoms with van der Waals surface area (Å²) in [5.74, 6) is 0. The van der Waals surface area contributed by atoms with E-state index in [1.165, 1.54) is 37.4 Å². The van der Waals surface area contributed by atoms with Crippen molar-refractivity contribution in [2.24, 2.45) is 0 Å². The summed E-state index contributed by atoms with van der Waals surface area (Å²) in [7, 11) is 2.20.